The van der Waals surface area contributed by atoms with Crippen LogP contribution in [0.3, 0.4) is 0 Å². The fourth-order valence-corrected chi connectivity index (χ4v) is 2.99. The Bertz CT molecular complexity index is 557. The van der Waals surface area contributed by atoms with Crippen LogP contribution in [-0.2, 0) is 12.8 Å². The summed E-state index contributed by atoms with van der Waals surface area (Å²) < 4.78 is 0. The van der Waals surface area contributed by atoms with Crippen LogP contribution >= 0.6 is 0 Å². The highest BCUT2D eigenvalue weighted by atomic mass is 15.1. The maximum Gasteiger partial charge on any atom is 0.0170 e. The molecule has 0 amide bonds. The van der Waals surface area contributed by atoms with Gasteiger partial charge in [0.1, 0.15) is 0 Å². The molecule has 1 aliphatic rings. The van der Waals surface area contributed by atoms with E-state index in [-0.39, 0.29) is 0 Å². The number of likely N-dealkylation sites (N-methyl/N-ethyl adjacent to an activating group) is 1. The Morgan fingerprint density at radius 3 is 2.41 bits per heavy atom. The average Bonchev–Trinajstić information content (AvgIpc) is 2.33. The molecule has 0 spiro atoms. The van der Waals surface area contributed by atoms with E-state index in [0.717, 1.165) is 0 Å². The van der Waals surface area contributed by atoms with Gasteiger partial charge >= 0.3 is 0 Å². The van der Waals surface area contributed by atoms with Gasteiger partial charge in [-0.25, -0.2) is 0 Å². The molecule has 0 bridgehead atoms. The molecule has 0 saturated carbocycles. The number of hydrogen-bond acceptors (Lipinski definition) is 1. The molecular weight excluding hydrogens is 206 g/mol. The number of nitrogens with zero attached hydrogens (tertiary/aromatic N) is 1. The van der Waals surface area contributed by atoms with E-state index in [1.807, 2.05) is 0 Å². The molecule has 1 unspecified atom stereocenters. The summed E-state index contributed by atoms with van der Waals surface area (Å²) in [5.41, 5.74) is 4.44. The van der Waals surface area contributed by atoms with Crippen LogP contribution in [0.1, 0.15) is 16.7 Å². The lowest BCUT2D eigenvalue weighted by Gasteiger charge is -2.30. The lowest BCUT2D eigenvalue weighted by Crippen LogP contribution is -2.34. The van der Waals surface area contributed by atoms with E-state index in [1.165, 1.54) is 40.3 Å². The lowest BCUT2D eigenvalue weighted by molar-refractivity contribution is 0.287. The van der Waals surface area contributed by atoms with Gasteiger partial charge in [-0.1, -0.05) is 30.3 Å². The molecule has 3 rings (SSSR count). The summed E-state index contributed by atoms with van der Waals surface area (Å²) in [4.78, 5) is 2.35. The summed E-state index contributed by atoms with van der Waals surface area (Å²) in [5.74, 6) is 0. The van der Waals surface area contributed by atoms with Gasteiger partial charge < -0.3 is 4.90 Å². The third-order valence-corrected chi connectivity index (χ3v) is 4.07. The van der Waals surface area contributed by atoms with Crippen LogP contribution in [0.4, 0.5) is 0 Å². The molecular formula is C16H19N. The molecule has 0 heterocycles. The maximum atomic E-state index is 2.35. The van der Waals surface area contributed by atoms with Crippen molar-refractivity contribution in [2.24, 2.45) is 0 Å². The Morgan fingerprint density at radius 2 is 1.71 bits per heavy atom. The van der Waals surface area contributed by atoms with Crippen molar-refractivity contribution in [3.63, 3.8) is 0 Å². The van der Waals surface area contributed by atoms with Gasteiger partial charge in [0.15, 0.2) is 0 Å². The van der Waals surface area contributed by atoms with Gasteiger partial charge in [-0.05, 0) is 61.3 Å². The topological polar surface area (TPSA) is 3.24 Å². The Labute approximate surface area is 103 Å². The first-order valence-corrected chi connectivity index (χ1v) is 6.33. The third kappa shape index (κ3) is 1.66. The monoisotopic (exact) mass is 225 g/mol. The number of aryl methyl sites for hydroxylation is 1. The van der Waals surface area contributed by atoms with Crippen molar-refractivity contribution in [3.8, 4) is 0 Å². The van der Waals surface area contributed by atoms with E-state index < -0.39 is 0 Å². The minimum Gasteiger partial charge on any atom is -0.306 e. The van der Waals surface area contributed by atoms with Gasteiger partial charge in [0.05, 0.1) is 0 Å². The van der Waals surface area contributed by atoms with Gasteiger partial charge in [-0.2, -0.15) is 0 Å². The molecule has 1 nitrogen and oxygen atoms in total. The minimum absolute atomic E-state index is 0.649. The molecule has 0 radical (unpaired) electrons. The molecule has 17 heavy (non-hydrogen) atoms. The predicted octanol–water partition coefficient (Wildman–Crippen LogP) is 3.18. The normalized spacial score (nSPS) is 18.9. The minimum atomic E-state index is 0.649. The van der Waals surface area contributed by atoms with Gasteiger partial charge in [0, 0.05) is 6.04 Å². The van der Waals surface area contributed by atoms with E-state index >= 15 is 0 Å². The zero-order valence-corrected chi connectivity index (χ0v) is 10.8. The Balaban J connectivity index is 2.23. The van der Waals surface area contributed by atoms with E-state index in [4.69, 9.17) is 0 Å². The summed E-state index contributed by atoms with van der Waals surface area (Å²) in [5, 5.41) is 2.96. The van der Waals surface area contributed by atoms with E-state index in [1.54, 1.807) is 0 Å². The van der Waals surface area contributed by atoms with Crippen LogP contribution in [0, 0.1) is 6.92 Å². The van der Waals surface area contributed by atoms with Crippen molar-refractivity contribution in [2.45, 2.75) is 25.8 Å². The lowest BCUT2D eigenvalue weighted by atomic mass is 9.84. The standard InChI is InChI=1S/C16H19N/c1-11-7-8-13-10-14(17(2)3)9-12-5-4-6-15(11)16(12)13/h4-8,14H,9-10H2,1-3H3. The first kappa shape index (κ1) is 10.8. The molecule has 0 aliphatic heterocycles. The smallest absolute Gasteiger partial charge is 0.0170 e. The molecule has 88 valence electrons. The molecule has 0 fully saturated rings. The van der Waals surface area contributed by atoms with Crippen molar-refractivity contribution < 1.29 is 0 Å². The summed E-state index contributed by atoms with van der Waals surface area (Å²) >= 11 is 0. The molecule has 0 aromatic heterocycles. The van der Waals surface area contributed by atoms with Crippen molar-refractivity contribution in [2.75, 3.05) is 14.1 Å². The summed E-state index contributed by atoms with van der Waals surface area (Å²) in [6, 6.07) is 12.0. The highest BCUT2D eigenvalue weighted by Gasteiger charge is 2.22. The second kappa shape index (κ2) is 3.85. The quantitative estimate of drug-likeness (QED) is 0.720. The SMILES string of the molecule is Cc1ccc2c3c(cccc13)CC(N(C)C)C2. The van der Waals surface area contributed by atoms with Crippen molar-refractivity contribution >= 4 is 10.8 Å². The summed E-state index contributed by atoms with van der Waals surface area (Å²) in [7, 11) is 4.37. The maximum absolute atomic E-state index is 2.35. The third-order valence-electron chi connectivity index (χ3n) is 4.07. The second-order valence-corrected chi connectivity index (χ2v) is 5.41. The average molecular weight is 225 g/mol. The first-order chi connectivity index (χ1) is 8.16. The first-order valence-electron chi connectivity index (χ1n) is 6.33. The Hall–Kier alpha value is -1.34. The van der Waals surface area contributed by atoms with Crippen LogP contribution < -0.4 is 0 Å². The highest BCUT2D eigenvalue weighted by molar-refractivity contribution is 5.92. The van der Waals surface area contributed by atoms with Crippen LogP contribution in [0.15, 0.2) is 30.3 Å². The van der Waals surface area contributed by atoms with E-state index in [2.05, 4.69) is 56.3 Å². The van der Waals surface area contributed by atoms with E-state index in [9.17, 15) is 0 Å². The predicted molar refractivity (Wildman–Crippen MR) is 73.6 cm³/mol. The zero-order valence-electron chi connectivity index (χ0n) is 10.8. The fourth-order valence-electron chi connectivity index (χ4n) is 2.99. The van der Waals surface area contributed by atoms with Crippen LogP contribution in [-0.4, -0.2) is 25.0 Å². The van der Waals surface area contributed by atoms with E-state index in [0.29, 0.717) is 6.04 Å². The zero-order chi connectivity index (χ0) is 12.0. The largest absolute Gasteiger partial charge is 0.306 e. The number of hydrogen-bond donors (Lipinski definition) is 0. The molecule has 1 aliphatic carbocycles. The van der Waals surface area contributed by atoms with Crippen molar-refractivity contribution in [3.05, 3.63) is 47.0 Å². The van der Waals surface area contributed by atoms with Gasteiger partial charge in [0.25, 0.3) is 0 Å². The molecule has 2 aromatic rings. The molecule has 1 atom stereocenters. The van der Waals surface area contributed by atoms with Gasteiger partial charge in [-0.3, -0.25) is 0 Å². The van der Waals surface area contributed by atoms with Crippen LogP contribution in [0.5, 0.6) is 0 Å². The van der Waals surface area contributed by atoms with Gasteiger partial charge in [0.2, 0.25) is 0 Å². The summed E-state index contributed by atoms with van der Waals surface area (Å²) in [6.45, 7) is 2.21. The van der Waals surface area contributed by atoms with Crippen molar-refractivity contribution in [1.29, 1.82) is 0 Å². The highest BCUT2D eigenvalue weighted by Crippen LogP contribution is 2.32. The fraction of sp³-hybridized carbons (Fsp3) is 0.375. The molecule has 0 N–H and O–H groups in total. The number of benzene rings is 2. The number of rotatable bonds is 1. The Kier molecular flexibility index (Phi) is 2.44. The molecule has 0 saturated heterocycles. The summed E-state index contributed by atoms with van der Waals surface area (Å²) in [6.07, 6.45) is 2.36. The van der Waals surface area contributed by atoms with Crippen molar-refractivity contribution in [1.82, 2.24) is 4.90 Å². The molecule has 1 heteroatoms. The van der Waals surface area contributed by atoms with Crippen LogP contribution in [0.2, 0.25) is 0 Å². The van der Waals surface area contributed by atoms with Gasteiger partial charge in [-0.15, -0.1) is 0 Å². The second-order valence-electron chi connectivity index (χ2n) is 5.41. The molecule has 2 aromatic carbocycles. The Morgan fingerprint density at radius 1 is 1.00 bits per heavy atom. The van der Waals surface area contributed by atoms with Crippen LogP contribution in [0.25, 0.3) is 10.8 Å².